The zero-order chi connectivity index (χ0) is 17.7. The van der Waals surface area contributed by atoms with Gasteiger partial charge in [0.15, 0.2) is 6.54 Å². The van der Waals surface area contributed by atoms with Gasteiger partial charge in [-0.3, -0.25) is 0 Å². The van der Waals surface area contributed by atoms with Crippen LogP contribution >= 0.6 is 0 Å². The summed E-state index contributed by atoms with van der Waals surface area (Å²) in [5, 5.41) is 9.17. The lowest BCUT2D eigenvalue weighted by Gasteiger charge is -2.30. The number of allylic oxidation sites excluding steroid dienone is 2. The highest BCUT2D eigenvalue weighted by molar-refractivity contribution is 5.81. The van der Waals surface area contributed by atoms with Gasteiger partial charge in [0.1, 0.15) is 12.7 Å². The van der Waals surface area contributed by atoms with Gasteiger partial charge in [0.2, 0.25) is 5.84 Å². The molecule has 5 nitrogen and oxygen atoms in total. The second-order valence-corrected chi connectivity index (χ2v) is 6.51. The molecule has 1 aliphatic rings. The van der Waals surface area contributed by atoms with Crippen molar-refractivity contribution in [1.29, 1.82) is 0 Å². The summed E-state index contributed by atoms with van der Waals surface area (Å²) in [4.78, 5) is 15.6. The van der Waals surface area contributed by atoms with E-state index in [4.69, 9.17) is 5.73 Å². The minimum absolute atomic E-state index is 0.0279. The van der Waals surface area contributed by atoms with Crippen LogP contribution in [0.25, 0.3) is 0 Å². The Morgan fingerprint density at radius 1 is 1.21 bits per heavy atom. The van der Waals surface area contributed by atoms with Crippen molar-refractivity contribution in [3.05, 3.63) is 24.6 Å². The van der Waals surface area contributed by atoms with E-state index >= 15 is 0 Å². The Bertz CT molecular complexity index is 458. The van der Waals surface area contributed by atoms with E-state index in [2.05, 4.69) is 24.1 Å². The van der Waals surface area contributed by atoms with Crippen molar-refractivity contribution in [3.8, 4) is 0 Å². The lowest BCUT2D eigenvalue weighted by Crippen LogP contribution is -2.52. The number of carboxylic acids is 1. The number of nitrogens with two attached hydrogens (primary N) is 1. The molecule has 0 aromatic rings. The first-order chi connectivity index (χ1) is 11.6. The van der Waals surface area contributed by atoms with Crippen LogP contribution in [0, 0.1) is 0 Å². The van der Waals surface area contributed by atoms with Crippen LogP contribution < -0.4 is 5.73 Å². The van der Waals surface area contributed by atoms with Gasteiger partial charge in [-0.05, 0) is 25.7 Å². The largest absolute Gasteiger partial charge is 0.477 e. The van der Waals surface area contributed by atoms with Crippen LogP contribution in [0.4, 0.5) is 0 Å². The maximum absolute atomic E-state index is 11.2. The number of amidine groups is 1. The van der Waals surface area contributed by atoms with Gasteiger partial charge < -0.3 is 10.8 Å². The maximum atomic E-state index is 11.2. The third-order valence-corrected chi connectivity index (χ3v) is 4.45. The Balaban J connectivity index is 2.27. The van der Waals surface area contributed by atoms with Crippen molar-refractivity contribution in [1.82, 2.24) is 0 Å². The number of hydrogen-bond acceptors (Lipinski definition) is 3. The summed E-state index contributed by atoms with van der Waals surface area (Å²) < 4.78 is 0.285. The van der Waals surface area contributed by atoms with Gasteiger partial charge in [0.05, 0.1) is 6.20 Å². The van der Waals surface area contributed by atoms with Crippen LogP contribution in [0.3, 0.4) is 0 Å². The number of aliphatic carboxylic acids is 1. The minimum atomic E-state index is -0.814. The molecular weight excluding hydrogens is 302 g/mol. The van der Waals surface area contributed by atoms with Gasteiger partial charge >= 0.3 is 5.97 Å². The van der Waals surface area contributed by atoms with Gasteiger partial charge in [-0.1, -0.05) is 44.8 Å². The highest BCUT2D eigenvalue weighted by Crippen LogP contribution is 2.20. The van der Waals surface area contributed by atoms with Crippen LogP contribution in [0.2, 0.25) is 0 Å². The molecule has 1 unspecified atom stereocenters. The van der Waals surface area contributed by atoms with Gasteiger partial charge in [-0.15, -0.1) is 0 Å². The standard InChI is InChI=1S/C19H33N3O2/c1-2-3-4-5-6-7-8-9-10-11-12-18-21-14-16-22(18,15-13-20)17-19(23)24/h8-9,14,16H,2-7,10-13,15,17,20H2,1H3/p+1/b9-8+. The Kier molecular flexibility index (Phi) is 10.3. The predicted octanol–water partition coefficient (Wildman–Crippen LogP) is 3.82. The molecule has 1 rings (SSSR count). The second-order valence-electron chi connectivity index (χ2n) is 6.51. The molecule has 0 radical (unpaired) electrons. The first-order valence-electron chi connectivity index (χ1n) is 9.33. The number of carbonyl (C=O) groups is 1. The number of hydrogen-bond donors (Lipinski definition) is 2. The predicted molar refractivity (Wildman–Crippen MR) is 99.6 cm³/mol. The van der Waals surface area contributed by atoms with Crippen molar-refractivity contribution in [2.45, 2.75) is 64.7 Å². The third kappa shape index (κ3) is 7.41. The summed E-state index contributed by atoms with van der Waals surface area (Å²) in [5.41, 5.74) is 5.68. The topological polar surface area (TPSA) is 75.7 Å². The van der Waals surface area contributed by atoms with Crippen LogP contribution in [0.5, 0.6) is 0 Å². The lowest BCUT2D eigenvalue weighted by atomic mass is 10.1. The van der Waals surface area contributed by atoms with Crippen LogP contribution in [0.1, 0.15) is 64.7 Å². The van der Waals surface area contributed by atoms with E-state index < -0.39 is 5.97 Å². The Hall–Kier alpha value is -1.46. The number of aliphatic imine (C=N–C) groups is 1. The van der Waals surface area contributed by atoms with E-state index in [1.807, 2.05) is 6.20 Å². The van der Waals surface area contributed by atoms with Crippen molar-refractivity contribution in [2.75, 3.05) is 19.6 Å². The maximum Gasteiger partial charge on any atom is 0.360 e. The summed E-state index contributed by atoms with van der Waals surface area (Å²) >= 11 is 0. The fourth-order valence-corrected chi connectivity index (χ4v) is 3.11. The molecule has 0 aromatic carbocycles. The van der Waals surface area contributed by atoms with E-state index in [9.17, 15) is 9.90 Å². The zero-order valence-electron chi connectivity index (χ0n) is 15.1. The quantitative estimate of drug-likeness (QED) is 0.288. The smallest absolute Gasteiger partial charge is 0.360 e. The molecule has 0 bridgehead atoms. The lowest BCUT2D eigenvalue weighted by molar-refractivity contribution is -0.778. The first-order valence-corrected chi connectivity index (χ1v) is 9.33. The molecule has 0 saturated carbocycles. The molecule has 5 heteroatoms. The second kappa shape index (κ2) is 12.0. The number of unbranched alkanes of at least 4 members (excludes halogenated alkanes) is 6. The fraction of sp³-hybridized carbons (Fsp3) is 0.684. The number of carboxylic acid groups (broad SMARTS) is 1. The average Bonchev–Trinajstić information content (AvgIpc) is 2.91. The number of quaternary nitrogens is 1. The molecule has 1 heterocycles. The third-order valence-electron chi connectivity index (χ3n) is 4.45. The van der Waals surface area contributed by atoms with Crippen LogP contribution in [-0.4, -0.2) is 41.0 Å². The molecule has 1 atom stereocenters. The van der Waals surface area contributed by atoms with Gasteiger partial charge in [-0.2, -0.15) is 0 Å². The van der Waals surface area contributed by atoms with Gasteiger partial charge in [0.25, 0.3) is 0 Å². The molecule has 3 N–H and O–H groups in total. The molecule has 136 valence electrons. The fourth-order valence-electron chi connectivity index (χ4n) is 3.11. The van der Waals surface area contributed by atoms with E-state index in [0.29, 0.717) is 13.1 Å². The zero-order valence-corrected chi connectivity index (χ0v) is 15.1. The van der Waals surface area contributed by atoms with Crippen LogP contribution in [-0.2, 0) is 4.79 Å². The summed E-state index contributed by atoms with van der Waals surface area (Å²) in [6, 6.07) is 0. The monoisotopic (exact) mass is 336 g/mol. The van der Waals surface area contributed by atoms with E-state index in [-0.39, 0.29) is 11.0 Å². The molecule has 0 saturated heterocycles. The summed E-state index contributed by atoms with van der Waals surface area (Å²) in [7, 11) is 0. The molecule has 0 aromatic heterocycles. The van der Waals surface area contributed by atoms with Crippen molar-refractivity contribution in [2.24, 2.45) is 10.7 Å². The number of rotatable bonds is 14. The molecular formula is C19H34N3O2+. The van der Waals surface area contributed by atoms with Crippen molar-refractivity contribution < 1.29 is 14.4 Å². The highest BCUT2D eigenvalue weighted by Gasteiger charge is 2.36. The van der Waals surface area contributed by atoms with Gasteiger partial charge in [0, 0.05) is 13.0 Å². The van der Waals surface area contributed by atoms with E-state index in [1.54, 1.807) is 6.20 Å². The highest BCUT2D eigenvalue weighted by atomic mass is 16.4. The SMILES string of the molecule is CCCCCCC/C=C/CCCC1=NC=C[N+]1(CCN)CC(=O)O. The van der Waals surface area contributed by atoms with E-state index in [1.165, 1.54) is 38.5 Å². The summed E-state index contributed by atoms with van der Waals surface area (Å²) in [5.74, 6) is 0.112. The molecule has 24 heavy (non-hydrogen) atoms. The molecule has 1 aliphatic heterocycles. The van der Waals surface area contributed by atoms with Crippen LogP contribution in [0.15, 0.2) is 29.5 Å². The van der Waals surface area contributed by atoms with E-state index in [0.717, 1.165) is 25.1 Å². The minimum Gasteiger partial charge on any atom is -0.477 e. The van der Waals surface area contributed by atoms with Crippen molar-refractivity contribution >= 4 is 11.8 Å². The summed E-state index contributed by atoms with van der Waals surface area (Å²) in [6.45, 7) is 3.31. The molecule has 0 spiro atoms. The Morgan fingerprint density at radius 2 is 1.92 bits per heavy atom. The first kappa shape index (κ1) is 20.6. The average molecular weight is 337 g/mol. The molecule has 0 amide bonds. The molecule has 0 aliphatic carbocycles. The molecule has 0 fully saturated rings. The van der Waals surface area contributed by atoms with Gasteiger partial charge in [-0.25, -0.2) is 14.3 Å². The normalized spacial score (nSPS) is 20.0. The van der Waals surface area contributed by atoms with Crippen molar-refractivity contribution in [3.63, 3.8) is 0 Å². The Labute approximate surface area is 146 Å². The Morgan fingerprint density at radius 3 is 2.58 bits per heavy atom. The number of nitrogens with zero attached hydrogens (tertiary/aromatic N) is 2. The summed E-state index contributed by atoms with van der Waals surface area (Å²) in [6.07, 6.45) is 18.7.